The monoisotopic (exact) mass is 292 g/mol. The van der Waals surface area contributed by atoms with Crippen molar-refractivity contribution in [1.29, 1.82) is 5.26 Å². The molecule has 1 unspecified atom stereocenters. The van der Waals surface area contributed by atoms with E-state index in [0.717, 1.165) is 0 Å². The molecule has 1 atom stereocenters. The van der Waals surface area contributed by atoms with Gasteiger partial charge in [-0.15, -0.1) is 5.10 Å². The first-order valence-electron chi connectivity index (χ1n) is 5.75. The standard InChI is InChI=1S/C11H12N6O2S/c1-9(5-6-12)14-20(18,19)11-4-2-3-10(7-11)17-8-13-15-16-17/h2-4,7-9,14H,5H2,1H3. The predicted octanol–water partition coefficient (Wildman–Crippen LogP) is 0.243. The van der Waals surface area contributed by atoms with Gasteiger partial charge in [0.05, 0.1) is 23.1 Å². The lowest BCUT2D eigenvalue weighted by Crippen LogP contribution is -2.32. The minimum Gasteiger partial charge on any atom is -0.207 e. The summed E-state index contributed by atoms with van der Waals surface area (Å²) < 4.78 is 28.1. The van der Waals surface area contributed by atoms with Gasteiger partial charge in [0, 0.05) is 6.04 Å². The van der Waals surface area contributed by atoms with Crippen molar-refractivity contribution in [1.82, 2.24) is 24.9 Å². The smallest absolute Gasteiger partial charge is 0.207 e. The number of tetrazole rings is 1. The maximum absolute atomic E-state index is 12.2. The Hall–Kier alpha value is -2.31. The molecule has 2 rings (SSSR count). The highest BCUT2D eigenvalue weighted by Gasteiger charge is 2.17. The van der Waals surface area contributed by atoms with Gasteiger partial charge in [-0.3, -0.25) is 0 Å². The van der Waals surface area contributed by atoms with Crippen LogP contribution in [0.5, 0.6) is 0 Å². The molecule has 0 spiro atoms. The van der Waals surface area contributed by atoms with Gasteiger partial charge in [-0.25, -0.2) is 17.8 Å². The molecule has 8 nitrogen and oxygen atoms in total. The van der Waals surface area contributed by atoms with E-state index in [4.69, 9.17) is 5.26 Å². The predicted molar refractivity (Wildman–Crippen MR) is 69.2 cm³/mol. The molecule has 20 heavy (non-hydrogen) atoms. The molecule has 1 heterocycles. The third kappa shape index (κ3) is 3.17. The maximum atomic E-state index is 12.2. The number of aromatic nitrogens is 4. The Morgan fingerprint density at radius 1 is 1.50 bits per heavy atom. The molecule has 0 fully saturated rings. The molecule has 0 aliphatic carbocycles. The summed E-state index contributed by atoms with van der Waals surface area (Å²) in [4.78, 5) is 0.0929. The first-order chi connectivity index (χ1) is 9.53. The number of hydrogen-bond donors (Lipinski definition) is 1. The van der Waals surface area contributed by atoms with Crippen LogP contribution in [0.3, 0.4) is 0 Å². The summed E-state index contributed by atoms with van der Waals surface area (Å²) in [5.41, 5.74) is 0.533. The number of nitrogens with one attached hydrogen (secondary N) is 1. The number of hydrogen-bond acceptors (Lipinski definition) is 6. The number of rotatable bonds is 5. The SMILES string of the molecule is CC(CC#N)NS(=O)(=O)c1cccc(-n2cnnn2)c1. The van der Waals surface area contributed by atoms with Crippen LogP contribution in [-0.4, -0.2) is 34.7 Å². The van der Waals surface area contributed by atoms with Crippen molar-refractivity contribution in [3.05, 3.63) is 30.6 Å². The highest BCUT2D eigenvalue weighted by molar-refractivity contribution is 7.89. The Kier molecular flexibility index (Phi) is 4.07. The summed E-state index contributed by atoms with van der Waals surface area (Å²) in [7, 11) is -3.68. The van der Waals surface area contributed by atoms with E-state index in [-0.39, 0.29) is 11.3 Å². The zero-order valence-corrected chi connectivity index (χ0v) is 11.4. The van der Waals surface area contributed by atoms with Crippen LogP contribution in [-0.2, 0) is 10.0 Å². The lowest BCUT2D eigenvalue weighted by atomic mass is 10.3. The summed E-state index contributed by atoms with van der Waals surface area (Å²) in [6.07, 6.45) is 1.48. The van der Waals surface area contributed by atoms with Gasteiger partial charge < -0.3 is 0 Å². The second-order valence-electron chi connectivity index (χ2n) is 4.14. The Balaban J connectivity index is 2.29. The third-order valence-corrected chi connectivity index (χ3v) is 4.08. The fourth-order valence-corrected chi connectivity index (χ4v) is 2.87. The summed E-state index contributed by atoms with van der Waals surface area (Å²) in [5.74, 6) is 0. The van der Waals surface area contributed by atoms with Crippen molar-refractivity contribution in [3.63, 3.8) is 0 Å². The van der Waals surface area contributed by atoms with Crippen LogP contribution < -0.4 is 4.72 Å². The molecular weight excluding hydrogens is 280 g/mol. The molecule has 0 aliphatic heterocycles. The molecule has 104 valence electrons. The van der Waals surface area contributed by atoms with Crippen molar-refractivity contribution in [2.75, 3.05) is 0 Å². The molecule has 0 saturated carbocycles. The number of sulfonamides is 1. The van der Waals surface area contributed by atoms with Gasteiger partial charge in [0.1, 0.15) is 6.33 Å². The van der Waals surface area contributed by atoms with Crippen LogP contribution in [0.2, 0.25) is 0 Å². The van der Waals surface area contributed by atoms with Gasteiger partial charge in [0.15, 0.2) is 0 Å². The molecule has 0 bridgehead atoms. The molecule has 0 saturated heterocycles. The average Bonchev–Trinajstić information content (AvgIpc) is 2.92. The number of benzene rings is 1. The Labute approximate surface area is 116 Å². The van der Waals surface area contributed by atoms with Gasteiger partial charge in [-0.05, 0) is 35.5 Å². The van der Waals surface area contributed by atoms with Gasteiger partial charge in [-0.1, -0.05) is 6.07 Å². The van der Waals surface area contributed by atoms with Crippen molar-refractivity contribution in [2.24, 2.45) is 0 Å². The van der Waals surface area contributed by atoms with E-state index in [9.17, 15) is 8.42 Å². The van der Waals surface area contributed by atoms with Crippen LogP contribution in [0.15, 0.2) is 35.5 Å². The molecule has 1 N–H and O–H groups in total. The topological polar surface area (TPSA) is 114 Å². The lowest BCUT2D eigenvalue weighted by molar-refractivity contribution is 0.563. The van der Waals surface area contributed by atoms with Crippen LogP contribution in [0.4, 0.5) is 0 Å². The Bertz CT molecular complexity index is 720. The maximum Gasteiger partial charge on any atom is 0.240 e. The van der Waals surface area contributed by atoms with E-state index >= 15 is 0 Å². The van der Waals surface area contributed by atoms with Gasteiger partial charge in [-0.2, -0.15) is 5.26 Å². The van der Waals surface area contributed by atoms with Crippen LogP contribution in [0.1, 0.15) is 13.3 Å². The van der Waals surface area contributed by atoms with Crippen molar-refractivity contribution in [3.8, 4) is 11.8 Å². The van der Waals surface area contributed by atoms with Crippen LogP contribution in [0, 0.1) is 11.3 Å². The van der Waals surface area contributed by atoms with E-state index in [1.54, 1.807) is 19.1 Å². The van der Waals surface area contributed by atoms with Crippen molar-refractivity contribution in [2.45, 2.75) is 24.3 Å². The minimum atomic E-state index is -3.68. The fraction of sp³-hybridized carbons (Fsp3) is 0.273. The van der Waals surface area contributed by atoms with Crippen molar-refractivity contribution >= 4 is 10.0 Å². The van der Waals surface area contributed by atoms with E-state index in [2.05, 4.69) is 20.2 Å². The van der Waals surface area contributed by atoms with E-state index in [1.807, 2.05) is 6.07 Å². The summed E-state index contributed by atoms with van der Waals surface area (Å²) in [5, 5.41) is 19.2. The Morgan fingerprint density at radius 3 is 2.95 bits per heavy atom. The summed E-state index contributed by atoms with van der Waals surface area (Å²) in [6.45, 7) is 1.63. The van der Waals surface area contributed by atoms with Gasteiger partial charge in [0.2, 0.25) is 10.0 Å². The molecule has 0 aliphatic rings. The summed E-state index contributed by atoms with van der Waals surface area (Å²) >= 11 is 0. The van der Waals surface area contributed by atoms with E-state index in [1.165, 1.54) is 23.1 Å². The Morgan fingerprint density at radius 2 is 2.30 bits per heavy atom. The van der Waals surface area contributed by atoms with Gasteiger partial charge >= 0.3 is 0 Å². The lowest BCUT2D eigenvalue weighted by Gasteiger charge is -2.11. The average molecular weight is 292 g/mol. The quantitative estimate of drug-likeness (QED) is 0.844. The highest BCUT2D eigenvalue weighted by atomic mass is 32.2. The second kappa shape index (κ2) is 5.77. The third-order valence-electron chi connectivity index (χ3n) is 2.50. The van der Waals surface area contributed by atoms with Crippen LogP contribution >= 0.6 is 0 Å². The number of nitrogens with zero attached hydrogens (tertiary/aromatic N) is 5. The minimum absolute atomic E-state index is 0.0929. The second-order valence-corrected chi connectivity index (χ2v) is 5.85. The molecule has 2 aromatic rings. The van der Waals surface area contributed by atoms with Crippen molar-refractivity contribution < 1.29 is 8.42 Å². The molecule has 9 heteroatoms. The zero-order chi connectivity index (χ0) is 14.6. The fourth-order valence-electron chi connectivity index (χ4n) is 1.58. The van der Waals surface area contributed by atoms with Gasteiger partial charge in [0.25, 0.3) is 0 Å². The van der Waals surface area contributed by atoms with Crippen LogP contribution in [0.25, 0.3) is 5.69 Å². The highest BCUT2D eigenvalue weighted by Crippen LogP contribution is 2.14. The zero-order valence-electron chi connectivity index (χ0n) is 10.6. The normalized spacial score (nSPS) is 12.8. The molecule has 0 radical (unpaired) electrons. The first-order valence-corrected chi connectivity index (χ1v) is 7.24. The molecular formula is C11H12N6O2S. The van der Waals surface area contributed by atoms with E-state index in [0.29, 0.717) is 5.69 Å². The number of nitriles is 1. The largest absolute Gasteiger partial charge is 0.240 e. The first kappa shape index (κ1) is 14.1. The van der Waals surface area contributed by atoms with E-state index < -0.39 is 16.1 Å². The molecule has 1 aromatic carbocycles. The molecule has 1 aromatic heterocycles. The molecule has 0 amide bonds. The summed E-state index contributed by atoms with van der Waals surface area (Å²) in [6, 6.07) is 7.67.